The first-order valence-electron chi connectivity index (χ1n) is 32.6. The molecule has 95 heavy (non-hydrogen) atoms. The van der Waals surface area contributed by atoms with E-state index in [1.165, 1.54) is 25.5 Å². The lowest BCUT2D eigenvalue weighted by Crippen LogP contribution is -2.52. The SMILES string of the molecule is C/N=C/[C@H]1CC(F)(F)CN1C(=O)CNC(=O)c1ccnc2ccc(OCCCN3CCN(C(=O)CCCCCNC(=O)C(CCCC/N=C(\C)NC(=O)CCCc4ccc(I)cc4)NC(=O)CN4CCN(CC(=O)O)CCN(CC(=O)O)CCN(CC(=O)O)CC4)CC3)cc12. The number of aliphatic carboxylic acids is 3. The van der Waals surface area contributed by atoms with Gasteiger partial charge < -0.3 is 51.1 Å². The number of carbonyl (C=O) groups excluding carboxylic acids is 6. The Bertz CT molecular complexity index is 3070. The highest BCUT2D eigenvalue weighted by atomic mass is 127. The summed E-state index contributed by atoms with van der Waals surface area (Å²) < 4.78 is 35.5. The zero-order valence-electron chi connectivity index (χ0n) is 54.5. The van der Waals surface area contributed by atoms with Crippen LogP contribution in [0.4, 0.5) is 8.78 Å². The van der Waals surface area contributed by atoms with Gasteiger partial charge in [-0.2, -0.15) is 0 Å². The Morgan fingerprint density at radius 1 is 0.705 bits per heavy atom. The molecule has 3 aliphatic heterocycles. The highest BCUT2D eigenvalue weighted by Crippen LogP contribution is 2.31. The molecular weight excluding hydrogens is 1350 g/mol. The van der Waals surface area contributed by atoms with E-state index in [-0.39, 0.29) is 108 Å². The van der Waals surface area contributed by atoms with E-state index in [1.807, 2.05) is 17.0 Å². The van der Waals surface area contributed by atoms with E-state index < -0.39 is 73.1 Å². The van der Waals surface area contributed by atoms with E-state index >= 15 is 0 Å². The van der Waals surface area contributed by atoms with Crippen LogP contribution in [0.25, 0.3) is 10.9 Å². The van der Waals surface area contributed by atoms with Crippen molar-refractivity contribution in [2.75, 3.05) is 151 Å². The van der Waals surface area contributed by atoms with Crippen LogP contribution in [0.1, 0.15) is 93.5 Å². The molecular formula is C65H93F2IN14O13. The molecule has 0 saturated carbocycles. The minimum Gasteiger partial charge on any atom is -0.494 e. The summed E-state index contributed by atoms with van der Waals surface area (Å²) in [5, 5.41) is 40.7. The van der Waals surface area contributed by atoms with E-state index in [2.05, 4.69) is 75.9 Å². The Balaban J connectivity index is 0.932. The lowest BCUT2D eigenvalue weighted by Gasteiger charge is -2.34. The highest BCUT2D eigenvalue weighted by Gasteiger charge is 2.46. The second-order valence-electron chi connectivity index (χ2n) is 24.2. The van der Waals surface area contributed by atoms with Gasteiger partial charge in [-0.3, -0.25) is 82.6 Å². The molecule has 3 aromatic rings. The van der Waals surface area contributed by atoms with Gasteiger partial charge in [-0.25, -0.2) is 8.78 Å². The monoisotopic (exact) mass is 1440 g/mol. The lowest BCUT2D eigenvalue weighted by atomic mass is 10.1. The molecule has 2 atom stereocenters. The van der Waals surface area contributed by atoms with Gasteiger partial charge in [0.15, 0.2) is 0 Å². The molecule has 3 aliphatic rings. The molecule has 1 aromatic heterocycles. The predicted octanol–water partition coefficient (Wildman–Crippen LogP) is 2.78. The molecule has 6 rings (SSSR count). The van der Waals surface area contributed by atoms with Gasteiger partial charge in [0, 0.05) is 146 Å². The number of carbonyl (C=O) groups is 9. The maximum atomic E-state index is 14.1. The Labute approximate surface area is 566 Å². The van der Waals surface area contributed by atoms with Gasteiger partial charge in [0.05, 0.1) is 68.8 Å². The van der Waals surface area contributed by atoms with Crippen molar-refractivity contribution in [3.05, 3.63) is 69.4 Å². The number of halogens is 3. The van der Waals surface area contributed by atoms with E-state index in [0.717, 1.165) is 27.0 Å². The summed E-state index contributed by atoms with van der Waals surface area (Å²) in [5.41, 5.74) is 1.94. The summed E-state index contributed by atoms with van der Waals surface area (Å²) >= 11 is 2.25. The molecule has 7 N–H and O–H groups in total. The number of carboxylic acid groups (broad SMARTS) is 3. The second-order valence-corrected chi connectivity index (χ2v) is 25.4. The number of hydrogen-bond acceptors (Lipinski definition) is 18. The first-order valence-corrected chi connectivity index (χ1v) is 33.7. The minimum atomic E-state index is -3.05. The van der Waals surface area contributed by atoms with Crippen molar-refractivity contribution in [3.8, 4) is 5.75 Å². The van der Waals surface area contributed by atoms with Crippen LogP contribution in [0.2, 0.25) is 0 Å². The van der Waals surface area contributed by atoms with Gasteiger partial charge in [-0.15, -0.1) is 0 Å². The summed E-state index contributed by atoms with van der Waals surface area (Å²) in [7, 11) is 1.45. The first-order chi connectivity index (χ1) is 45.5. The molecule has 2 aromatic carbocycles. The fourth-order valence-corrected chi connectivity index (χ4v) is 11.9. The number of nitrogens with one attached hydrogen (secondary N) is 4. The van der Waals surface area contributed by atoms with Crippen molar-refractivity contribution in [1.82, 2.24) is 60.6 Å². The topological polar surface area (TPSA) is 332 Å². The number of pyridine rings is 1. The number of nitrogens with zero attached hydrogens (tertiary/aromatic N) is 10. The molecule has 30 heteroatoms. The largest absolute Gasteiger partial charge is 0.494 e. The number of alkyl halides is 2. The number of aryl methyl sites for hydroxylation is 1. The van der Waals surface area contributed by atoms with Gasteiger partial charge in [0.25, 0.3) is 11.8 Å². The van der Waals surface area contributed by atoms with Gasteiger partial charge in [0.1, 0.15) is 11.8 Å². The van der Waals surface area contributed by atoms with Crippen LogP contribution in [-0.4, -0.2) is 289 Å². The number of hydrogen-bond donors (Lipinski definition) is 7. The number of piperazine rings is 1. The van der Waals surface area contributed by atoms with Crippen LogP contribution in [0.15, 0.2) is 64.7 Å². The number of rotatable bonds is 34. The van der Waals surface area contributed by atoms with Crippen molar-refractivity contribution in [2.24, 2.45) is 9.98 Å². The number of unbranched alkanes of at least 4 members (excludes halogenated alkanes) is 3. The summed E-state index contributed by atoms with van der Waals surface area (Å²) in [6.45, 7) is 5.45. The molecule has 6 amide bonds. The molecule has 0 radical (unpaired) electrons. The van der Waals surface area contributed by atoms with E-state index in [1.54, 1.807) is 44.7 Å². The molecule has 522 valence electrons. The number of amides is 6. The number of likely N-dealkylation sites (tertiary alicyclic amines) is 1. The number of amidine groups is 1. The molecule has 0 bridgehead atoms. The third-order valence-corrected chi connectivity index (χ3v) is 17.4. The lowest BCUT2D eigenvalue weighted by molar-refractivity contribution is -0.140. The van der Waals surface area contributed by atoms with E-state index in [0.29, 0.717) is 126 Å². The second kappa shape index (κ2) is 40.2. The van der Waals surface area contributed by atoms with Gasteiger partial charge in [-0.1, -0.05) is 18.6 Å². The average Bonchev–Trinajstić information content (AvgIpc) is 1.79. The normalized spacial score (nSPS) is 17.8. The van der Waals surface area contributed by atoms with Crippen LogP contribution in [0, 0.1) is 3.57 Å². The Kier molecular flexibility index (Phi) is 32.5. The van der Waals surface area contributed by atoms with E-state index in [9.17, 15) is 67.3 Å². The number of aliphatic imine (C=N–C) groups is 2. The third-order valence-electron chi connectivity index (χ3n) is 16.7. The number of benzene rings is 2. The predicted molar refractivity (Wildman–Crippen MR) is 361 cm³/mol. The Morgan fingerprint density at radius 2 is 1.33 bits per heavy atom. The van der Waals surface area contributed by atoms with Gasteiger partial charge in [0.2, 0.25) is 29.5 Å². The van der Waals surface area contributed by atoms with Gasteiger partial charge >= 0.3 is 17.9 Å². The standard InChI is InChI=1S/C65H93F2IN14O13/c1-47(74-56(83)12-8-10-48-14-16-49(68)17-15-48)70-21-7-5-11-55(75-57(84)42-77-25-27-78(43-60(87)88)29-31-80(45-62(91)92)32-30-79(28-26-77)44-61(89)90)64(94)72-22-6-3-4-13-58(85)81-35-33-76(34-36-81)24-9-37-95-51-18-19-54-53(38-51)52(20-23-71-54)63(93)73-41-59(86)82-46-65(66,67)39-50(82)40-69-2/h14-20,23,38,40,50,55H,3-13,21-22,24-37,39,41-46H2,1-2H3,(H,72,94)(H,73,93)(H,75,84)(H,87,88)(H,89,90)(H,91,92)(H,70,74,83)/b69-40+/t50-,55?/m1/s1. The summed E-state index contributed by atoms with van der Waals surface area (Å²) in [5.74, 6) is -7.41. The molecule has 3 saturated heterocycles. The minimum absolute atomic E-state index is 0.0523. The fourth-order valence-electron chi connectivity index (χ4n) is 11.6. The number of aromatic nitrogens is 1. The molecule has 27 nitrogen and oxygen atoms in total. The van der Waals surface area contributed by atoms with Crippen LogP contribution in [-0.2, 0) is 44.8 Å². The van der Waals surface area contributed by atoms with Crippen LogP contribution < -0.4 is 26.0 Å². The molecule has 3 fully saturated rings. The third kappa shape index (κ3) is 28.5. The molecule has 0 aliphatic carbocycles. The maximum absolute atomic E-state index is 14.1. The quantitative estimate of drug-likeness (QED) is 0.0196. The van der Waals surface area contributed by atoms with Crippen LogP contribution in [0.3, 0.4) is 0 Å². The van der Waals surface area contributed by atoms with Crippen molar-refractivity contribution >= 4 is 98.9 Å². The summed E-state index contributed by atoms with van der Waals surface area (Å²) in [6.07, 6.45) is 8.27. The number of ether oxygens (including phenoxy) is 1. The molecule has 0 spiro atoms. The molecule has 4 heterocycles. The van der Waals surface area contributed by atoms with Crippen LogP contribution >= 0.6 is 22.6 Å². The Hall–Kier alpha value is -7.39. The fraction of sp³-hybridized carbons (Fsp3) is 0.600. The van der Waals surface area contributed by atoms with Crippen LogP contribution in [0.5, 0.6) is 5.75 Å². The molecule has 1 unspecified atom stereocenters. The smallest absolute Gasteiger partial charge is 0.317 e. The maximum Gasteiger partial charge on any atom is 0.317 e. The first kappa shape index (κ1) is 76.6. The van der Waals surface area contributed by atoms with Gasteiger partial charge in [-0.05, 0) is 123 Å². The number of fused-ring (bicyclic) bond motifs is 1. The zero-order chi connectivity index (χ0) is 68.7. The summed E-state index contributed by atoms with van der Waals surface area (Å²) in [6, 6.07) is 13.1. The van der Waals surface area contributed by atoms with Crippen molar-refractivity contribution in [3.63, 3.8) is 0 Å². The van der Waals surface area contributed by atoms with Crippen molar-refractivity contribution in [2.45, 2.75) is 102 Å². The highest BCUT2D eigenvalue weighted by molar-refractivity contribution is 14.1. The van der Waals surface area contributed by atoms with E-state index in [4.69, 9.17) is 4.74 Å². The number of carboxylic acids is 3. The summed E-state index contributed by atoms with van der Waals surface area (Å²) in [4.78, 5) is 140. The van der Waals surface area contributed by atoms with Crippen molar-refractivity contribution < 1.29 is 72.0 Å². The Morgan fingerprint density at radius 3 is 1.95 bits per heavy atom. The average molecular weight is 1440 g/mol. The zero-order valence-corrected chi connectivity index (χ0v) is 56.7. The van der Waals surface area contributed by atoms with Crippen molar-refractivity contribution in [1.29, 1.82) is 0 Å².